The molecule has 2 aliphatic rings. The van der Waals surface area contributed by atoms with Crippen LogP contribution in [-0.4, -0.2) is 38.2 Å². The molecule has 0 aliphatic carbocycles. The number of likely N-dealkylation sites (tertiary alicyclic amines) is 1. The van der Waals surface area contributed by atoms with E-state index in [0.717, 1.165) is 5.75 Å². The lowest BCUT2D eigenvalue weighted by molar-refractivity contribution is 0.0410. The molecule has 1 spiro atoms. The number of rotatable bonds is 3. The highest BCUT2D eigenvalue weighted by Crippen LogP contribution is 2.40. The van der Waals surface area contributed by atoms with Crippen LogP contribution in [0.3, 0.4) is 0 Å². The summed E-state index contributed by atoms with van der Waals surface area (Å²) in [6.07, 6.45) is 5.42. The van der Waals surface area contributed by atoms with E-state index in [0.29, 0.717) is 11.5 Å². The van der Waals surface area contributed by atoms with Crippen LogP contribution in [0.5, 0.6) is 5.75 Å². The molecule has 2 atom stereocenters. The van der Waals surface area contributed by atoms with Crippen LogP contribution in [-0.2, 0) is 0 Å². The second-order valence-electron chi connectivity index (χ2n) is 6.77. The maximum Gasteiger partial charge on any atom is 0.123 e. The maximum absolute atomic E-state index is 5.56. The van der Waals surface area contributed by atoms with Crippen LogP contribution in [0.2, 0.25) is 0 Å². The van der Waals surface area contributed by atoms with Crippen LogP contribution in [0.25, 0.3) is 0 Å². The van der Waals surface area contributed by atoms with E-state index in [9.17, 15) is 0 Å². The van der Waals surface area contributed by atoms with E-state index in [1.54, 1.807) is 7.11 Å². The summed E-state index contributed by atoms with van der Waals surface area (Å²) in [7, 11) is 1.77. The molecule has 2 saturated heterocycles. The lowest BCUT2D eigenvalue weighted by Gasteiger charge is -2.47. The van der Waals surface area contributed by atoms with Gasteiger partial charge in [0, 0.05) is 24.7 Å². The van der Waals surface area contributed by atoms with Gasteiger partial charge in [0.15, 0.2) is 0 Å². The van der Waals surface area contributed by atoms with Crippen molar-refractivity contribution < 1.29 is 4.74 Å². The number of piperidine rings is 2. The number of benzene rings is 1. The van der Waals surface area contributed by atoms with Crippen molar-refractivity contribution in [1.82, 2.24) is 10.2 Å². The summed E-state index contributed by atoms with van der Waals surface area (Å²) in [4.78, 5) is 2.66. The second kappa shape index (κ2) is 6.37. The zero-order chi connectivity index (χ0) is 14.7. The highest BCUT2D eigenvalue weighted by atomic mass is 16.5. The second-order valence-corrected chi connectivity index (χ2v) is 6.77. The number of nitrogens with one attached hydrogen (secondary N) is 1. The van der Waals surface area contributed by atoms with E-state index < -0.39 is 0 Å². The Labute approximate surface area is 128 Å². The quantitative estimate of drug-likeness (QED) is 0.924. The molecule has 2 fully saturated rings. The fourth-order valence-corrected chi connectivity index (χ4v) is 4.16. The number of methoxy groups -OCH3 is 1. The van der Waals surface area contributed by atoms with E-state index in [1.165, 1.54) is 57.4 Å². The van der Waals surface area contributed by atoms with Crippen molar-refractivity contribution >= 4 is 0 Å². The Morgan fingerprint density at radius 2 is 2.05 bits per heavy atom. The summed E-state index contributed by atoms with van der Waals surface area (Å²) in [5, 5.41) is 3.62. The van der Waals surface area contributed by atoms with Gasteiger partial charge in [0.1, 0.15) is 5.75 Å². The molecule has 1 N–H and O–H groups in total. The van der Waals surface area contributed by atoms with Crippen molar-refractivity contribution in [1.29, 1.82) is 0 Å². The Balaban J connectivity index is 1.76. The van der Waals surface area contributed by atoms with Gasteiger partial charge >= 0.3 is 0 Å². The summed E-state index contributed by atoms with van der Waals surface area (Å²) in [6.45, 7) is 7.15. The normalized spacial score (nSPS) is 28.5. The van der Waals surface area contributed by atoms with E-state index in [4.69, 9.17) is 4.74 Å². The molecule has 0 radical (unpaired) electrons. The first-order valence-electron chi connectivity index (χ1n) is 8.32. The lowest BCUT2D eigenvalue weighted by Crippen LogP contribution is -2.51. The number of nitrogens with zero attached hydrogens (tertiary/aromatic N) is 1. The molecule has 2 aliphatic heterocycles. The Bertz CT molecular complexity index is 463. The number of hydrogen-bond acceptors (Lipinski definition) is 3. The van der Waals surface area contributed by atoms with Gasteiger partial charge < -0.3 is 10.1 Å². The summed E-state index contributed by atoms with van der Waals surface area (Å²) >= 11 is 0. The summed E-state index contributed by atoms with van der Waals surface area (Å²) in [5.74, 6) is 1.02. The van der Waals surface area contributed by atoms with Crippen molar-refractivity contribution in [3.8, 4) is 5.75 Å². The molecular weight excluding hydrogens is 260 g/mol. The molecule has 1 aromatic rings. The van der Waals surface area contributed by atoms with Crippen molar-refractivity contribution in [2.24, 2.45) is 5.41 Å². The average Bonchev–Trinajstić information content (AvgIpc) is 2.55. The first kappa shape index (κ1) is 14.9. The minimum atomic E-state index is 0.431. The lowest BCUT2D eigenvalue weighted by atomic mass is 9.74. The highest BCUT2D eigenvalue weighted by Gasteiger charge is 2.38. The van der Waals surface area contributed by atoms with Crippen LogP contribution >= 0.6 is 0 Å². The molecule has 3 rings (SSSR count). The molecule has 0 aromatic heterocycles. The monoisotopic (exact) mass is 288 g/mol. The predicted octanol–water partition coefficient (Wildman–Crippen LogP) is 3.22. The molecule has 116 valence electrons. The topological polar surface area (TPSA) is 24.5 Å². The average molecular weight is 288 g/mol. The minimum Gasteiger partial charge on any atom is -0.496 e. The van der Waals surface area contributed by atoms with Gasteiger partial charge in [-0.25, -0.2) is 0 Å². The molecule has 1 aromatic carbocycles. The van der Waals surface area contributed by atoms with Crippen LogP contribution in [0.1, 0.15) is 44.2 Å². The molecule has 3 nitrogen and oxygen atoms in total. The van der Waals surface area contributed by atoms with Gasteiger partial charge in [-0.1, -0.05) is 18.2 Å². The smallest absolute Gasteiger partial charge is 0.123 e. The summed E-state index contributed by atoms with van der Waals surface area (Å²) < 4.78 is 5.56. The maximum atomic E-state index is 5.56. The van der Waals surface area contributed by atoms with E-state index >= 15 is 0 Å². The van der Waals surface area contributed by atoms with Gasteiger partial charge in [-0.3, -0.25) is 4.90 Å². The summed E-state index contributed by atoms with van der Waals surface area (Å²) in [5.41, 5.74) is 1.83. The van der Waals surface area contributed by atoms with Crippen LogP contribution in [0.4, 0.5) is 0 Å². The van der Waals surface area contributed by atoms with Crippen LogP contribution in [0.15, 0.2) is 24.3 Å². The van der Waals surface area contributed by atoms with Gasteiger partial charge in [0.2, 0.25) is 0 Å². The van der Waals surface area contributed by atoms with Gasteiger partial charge in [-0.2, -0.15) is 0 Å². The number of hydrogen-bond donors (Lipinski definition) is 1. The van der Waals surface area contributed by atoms with Gasteiger partial charge in [0.05, 0.1) is 7.11 Å². The van der Waals surface area contributed by atoms with Crippen LogP contribution in [0, 0.1) is 5.41 Å². The SMILES string of the molecule is COc1ccccc1C(C)N1CCCC2(CCCNC2)C1. The third-order valence-corrected chi connectivity index (χ3v) is 5.39. The molecule has 2 heterocycles. The molecule has 0 bridgehead atoms. The van der Waals surface area contributed by atoms with E-state index in [-0.39, 0.29) is 0 Å². The molecule has 0 amide bonds. The predicted molar refractivity (Wildman–Crippen MR) is 86.8 cm³/mol. The van der Waals surface area contributed by atoms with Crippen molar-refractivity contribution in [2.45, 2.75) is 38.6 Å². The molecule has 21 heavy (non-hydrogen) atoms. The fourth-order valence-electron chi connectivity index (χ4n) is 4.16. The van der Waals surface area contributed by atoms with Crippen molar-refractivity contribution in [3.63, 3.8) is 0 Å². The Morgan fingerprint density at radius 3 is 2.81 bits per heavy atom. The number of para-hydroxylation sites is 1. The van der Waals surface area contributed by atoms with Crippen molar-refractivity contribution in [3.05, 3.63) is 29.8 Å². The molecule has 2 unspecified atom stereocenters. The molecular formula is C18H28N2O. The largest absolute Gasteiger partial charge is 0.496 e. The third-order valence-electron chi connectivity index (χ3n) is 5.39. The van der Waals surface area contributed by atoms with Gasteiger partial charge in [-0.05, 0) is 57.2 Å². The van der Waals surface area contributed by atoms with E-state index in [1.807, 2.05) is 0 Å². The minimum absolute atomic E-state index is 0.431. The molecule has 0 saturated carbocycles. The van der Waals surface area contributed by atoms with Gasteiger partial charge in [0.25, 0.3) is 0 Å². The third kappa shape index (κ3) is 3.09. The zero-order valence-corrected chi connectivity index (χ0v) is 13.4. The first-order valence-corrected chi connectivity index (χ1v) is 8.32. The Kier molecular flexibility index (Phi) is 4.51. The standard InChI is InChI=1S/C18H28N2O/c1-15(16-7-3-4-8-17(16)21-2)20-12-6-10-18(14-20)9-5-11-19-13-18/h3-4,7-8,15,19H,5-6,9-14H2,1-2H3. The number of ether oxygens (including phenoxy) is 1. The Hall–Kier alpha value is -1.06. The highest BCUT2D eigenvalue weighted by molar-refractivity contribution is 5.35. The van der Waals surface area contributed by atoms with Crippen molar-refractivity contribution in [2.75, 3.05) is 33.3 Å². The van der Waals surface area contributed by atoms with Gasteiger partial charge in [-0.15, -0.1) is 0 Å². The zero-order valence-electron chi connectivity index (χ0n) is 13.4. The van der Waals surface area contributed by atoms with Crippen LogP contribution < -0.4 is 10.1 Å². The molecule has 3 heteroatoms. The first-order chi connectivity index (χ1) is 10.2. The summed E-state index contributed by atoms with van der Waals surface area (Å²) in [6, 6.07) is 8.89. The Morgan fingerprint density at radius 1 is 1.24 bits per heavy atom. The van der Waals surface area contributed by atoms with E-state index in [2.05, 4.69) is 41.4 Å². The fraction of sp³-hybridized carbons (Fsp3) is 0.667.